The van der Waals surface area contributed by atoms with Gasteiger partial charge in [-0.05, 0) is 71.1 Å². The summed E-state index contributed by atoms with van der Waals surface area (Å²) >= 11 is 0. The lowest BCUT2D eigenvalue weighted by atomic mass is 10.0. The second-order valence-corrected chi connectivity index (χ2v) is 9.32. The molecular formula is C27H36N2O6. The first-order valence-electron chi connectivity index (χ1n) is 11.8. The average Bonchev–Trinajstić information content (AvgIpc) is 2.77. The number of unbranched alkanes of at least 4 members (excludes halogenated alkanes) is 3. The molecule has 4 amide bonds. The highest BCUT2D eigenvalue weighted by atomic mass is 16.6. The molecule has 1 aromatic rings. The number of benzene rings is 1. The number of esters is 1. The van der Waals surface area contributed by atoms with Gasteiger partial charge in [0, 0.05) is 24.8 Å². The summed E-state index contributed by atoms with van der Waals surface area (Å²) in [6.45, 7) is 9.91. The molecule has 2 rings (SSSR count). The molecular weight excluding hydrogens is 448 g/mol. The minimum atomic E-state index is -0.840. The van der Waals surface area contributed by atoms with Crippen LogP contribution in [0, 0.1) is 25.7 Å². The molecule has 8 nitrogen and oxygen atoms in total. The first-order valence-corrected chi connectivity index (χ1v) is 11.8. The highest BCUT2D eigenvalue weighted by Gasteiger charge is 2.30. The van der Waals surface area contributed by atoms with Crippen LogP contribution in [0.2, 0.25) is 0 Å². The maximum Gasteiger partial charge on any atom is 0.306 e. The standard InChI is InChI=1S/C20H28O2.C7H8N2O4/c1-16-12-11-14-18(17(16)2)13-9-7-6-8-10-15-19(21)22-20(3,4)5;10-3-9(4-11)5-1-2-6(12)8-7(5)13/h11-12,14H,6-8,10,15H2,1-5H3;3-5H,1-2H2,(H,8,12,13). The van der Waals surface area contributed by atoms with Gasteiger partial charge in [-0.2, -0.15) is 0 Å². The number of piperidine rings is 1. The maximum absolute atomic E-state index is 11.6. The molecule has 1 unspecified atom stereocenters. The molecule has 190 valence electrons. The van der Waals surface area contributed by atoms with Crippen molar-refractivity contribution in [2.75, 3.05) is 0 Å². The number of imide groups is 2. The number of nitrogens with one attached hydrogen (secondary N) is 1. The Bertz CT molecular complexity index is 960. The van der Waals surface area contributed by atoms with Gasteiger partial charge in [-0.15, -0.1) is 0 Å². The normalized spacial score (nSPS) is 14.9. The highest BCUT2D eigenvalue weighted by molar-refractivity contribution is 6.01. The fourth-order valence-corrected chi connectivity index (χ4v) is 3.23. The van der Waals surface area contributed by atoms with Crippen LogP contribution < -0.4 is 5.32 Å². The van der Waals surface area contributed by atoms with Crippen LogP contribution in [0.1, 0.15) is 82.4 Å². The molecule has 0 bridgehead atoms. The molecule has 8 heteroatoms. The first-order chi connectivity index (χ1) is 16.5. The van der Waals surface area contributed by atoms with Crippen molar-refractivity contribution in [3.63, 3.8) is 0 Å². The quantitative estimate of drug-likeness (QED) is 0.199. The molecule has 1 atom stereocenters. The van der Waals surface area contributed by atoms with Gasteiger partial charge >= 0.3 is 5.97 Å². The van der Waals surface area contributed by atoms with E-state index < -0.39 is 11.9 Å². The number of carbonyl (C=O) groups excluding carboxylic acids is 5. The van der Waals surface area contributed by atoms with Gasteiger partial charge < -0.3 is 4.74 Å². The summed E-state index contributed by atoms with van der Waals surface area (Å²) in [5.41, 5.74) is 3.28. The molecule has 1 aliphatic rings. The Morgan fingerprint density at radius 2 is 1.83 bits per heavy atom. The number of hydrogen-bond acceptors (Lipinski definition) is 6. The van der Waals surface area contributed by atoms with E-state index in [1.807, 2.05) is 32.2 Å². The number of carbonyl (C=O) groups is 5. The predicted octanol–water partition coefficient (Wildman–Crippen LogP) is 3.35. The molecule has 1 aliphatic heterocycles. The van der Waals surface area contributed by atoms with Crippen molar-refractivity contribution in [2.24, 2.45) is 0 Å². The topological polar surface area (TPSA) is 110 Å². The highest BCUT2D eigenvalue weighted by Crippen LogP contribution is 2.13. The fourth-order valence-electron chi connectivity index (χ4n) is 3.23. The van der Waals surface area contributed by atoms with Crippen molar-refractivity contribution in [3.8, 4) is 11.8 Å². The van der Waals surface area contributed by atoms with Gasteiger partial charge in [0.2, 0.25) is 24.6 Å². The Morgan fingerprint density at radius 1 is 1.14 bits per heavy atom. The number of nitrogens with zero attached hydrogens (tertiary/aromatic N) is 1. The molecule has 0 radical (unpaired) electrons. The maximum atomic E-state index is 11.6. The molecule has 0 aromatic heterocycles. The summed E-state index contributed by atoms with van der Waals surface area (Å²) in [7, 11) is 0. The average molecular weight is 485 g/mol. The molecule has 1 aromatic carbocycles. The van der Waals surface area contributed by atoms with Crippen molar-refractivity contribution < 1.29 is 28.7 Å². The summed E-state index contributed by atoms with van der Waals surface area (Å²) < 4.78 is 5.28. The van der Waals surface area contributed by atoms with Crippen LogP contribution in [0.5, 0.6) is 0 Å². The zero-order valence-corrected chi connectivity index (χ0v) is 21.3. The third-order valence-electron chi connectivity index (χ3n) is 5.24. The number of hydrogen-bond donors (Lipinski definition) is 1. The molecule has 1 fully saturated rings. The van der Waals surface area contributed by atoms with Gasteiger partial charge in [0.1, 0.15) is 11.6 Å². The van der Waals surface area contributed by atoms with E-state index in [-0.39, 0.29) is 43.1 Å². The third-order valence-corrected chi connectivity index (χ3v) is 5.24. The van der Waals surface area contributed by atoms with Crippen molar-refractivity contribution in [1.82, 2.24) is 10.2 Å². The zero-order valence-electron chi connectivity index (χ0n) is 21.3. The van der Waals surface area contributed by atoms with Crippen LogP contribution in [0.3, 0.4) is 0 Å². The number of amides is 4. The Kier molecular flexibility index (Phi) is 12.4. The van der Waals surface area contributed by atoms with E-state index >= 15 is 0 Å². The Balaban J connectivity index is 0.000000400. The van der Waals surface area contributed by atoms with E-state index in [2.05, 4.69) is 37.8 Å². The van der Waals surface area contributed by atoms with Crippen molar-refractivity contribution in [2.45, 2.75) is 91.2 Å². The molecule has 0 aliphatic carbocycles. The van der Waals surface area contributed by atoms with Crippen LogP contribution in [-0.4, -0.2) is 47.1 Å². The van der Waals surface area contributed by atoms with Crippen LogP contribution >= 0.6 is 0 Å². The summed E-state index contributed by atoms with van der Waals surface area (Å²) in [5.74, 6) is 5.39. The molecule has 1 saturated heterocycles. The van der Waals surface area contributed by atoms with Gasteiger partial charge in [0.15, 0.2) is 0 Å². The van der Waals surface area contributed by atoms with Gasteiger partial charge in [-0.1, -0.05) is 30.4 Å². The Labute approximate surface area is 207 Å². The largest absolute Gasteiger partial charge is 0.460 e. The first kappa shape index (κ1) is 29.6. The van der Waals surface area contributed by atoms with E-state index in [0.29, 0.717) is 11.3 Å². The molecule has 1 heterocycles. The van der Waals surface area contributed by atoms with Gasteiger partial charge in [0.25, 0.3) is 0 Å². The van der Waals surface area contributed by atoms with E-state index in [1.165, 1.54) is 11.1 Å². The van der Waals surface area contributed by atoms with Crippen LogP contribution in [0.15, 0.2) is 18.2 Å². The van der Waals surface area contributed by atoms with E-state index in [1.54, 1.807) is 0 Å². The minimum absolute atomic E-state index is 0.103. The molecule has 0 saturated carbocycles. The second kappa shape index (κ2) is 14.7. The number of ether oxygens (including phenoxy) is 1. The molecule has 1 N–H and O–H groups in total. The van der Waals surface area contributed by atoms with Crippen LogP contribution in [0.4, 0.5) is 0 Å². The van der Waals surface area contributed by atoms with Crippen molar-refractivity contribution in [3.05, 3.63) is 34.9 Å². The van der Waals surface area contributed by atoms with Gasteiger partial charge in [-0.25, -0.2) is 0 Å². The van der Waals surface area contributed by atoms with Crippen LogP contribution in [0.25, 0.3) is 0 Å². The van der Waals surface area contributed by atoms with Crippen molar-refractivity contribution >= 4 is 30.6 Å². The molecule has 0 spiro atoms. The van der Waals surface area contributed by atoms with Gasteiger partial charge in [0.05, 0.1) is 0 Å². The minimum Gasteiger partial charge on any atom is -0.460 e. The summed E-state index contributed by atoms with van der Waals surface area (Å²) in [6.07, 6.45) is 5.18. The van der Waals surface area contributed by atoms with Crippen molar-refractivity contribution in [1.29, 1.82) is 0 Å². The fraction of sp³-hybridized carbons (Fsp3) is 0.519. The lowest BCUT2D eigenvalue weighted by molar-refractivity contribution is -0.155. The third kappa shape index (κ3) is 11.5. The number of aryl methyl sites for hydroxylation is 1. The van der Waals surface area contributed by atoms with E-state index in [0.717, 1.165) is 31.2 Å². The summed E-state index contributed by atoms with van der Waals surface area (Å²) in [5, 5.41) is 2.04. The Hall–Kier alpha value is -3.47. The summed E-state index contributed by atoms with van der Waals surface area (Å²) in [4.78, 5) is 54.6. The summed E-state index contributed by atoms with van der Waals surface area (Å²) in [6, 6.07) is 5.38. The molecule has 35 heavy (non-hydrogen) atoms. The number of rotatable bonds is 8. The van der Waals surface area contributed by atoms with Gasteiger partial charge in [-0.3, -0.25) is 34.2 Å². The zero-order chi connectivity index (χ0) is 26.4. The van der Waals surface area contributed by atoms with Crippen LogP contribution in [-0.2, 0) is 28.7 Å². The Morgan fingerprint density at radius 3 is 2.43 bits per heavy atom. The smallest absolute Gasteiger partial charge is 0.306 e. The SMILES string of the molecule is Cc1cccc(C#CCCCCCC(=O)OC(C)(C)C)c1C.O=CN(C=O)C1CCC(=O)NC1=O. The lowest BCUT2D eigenvalue weighted by Gasteiger charge is -2.25. The van der Waals surface area contributed by atoms with E-state index in [9.17, 15) is 24.0 Å². The lowest BCUT2D eigenvalue weighted by Crippen LogP contribution is -2.51. The second-order valence-electron chi connectivity index (χ2n) is 9.32. The van der Waals surface area contributed by atoms with E-state index in [4.69, 9.17) is 4.74 Å². The monoisotopic (exact) mass is 484 g/mol. The predicted molar refractivity (Wildman–Crippen MR) is 132 cm³/mol.